The Balaban J connectivity index is 1.51. The average molecular weight is 508 g/mol. The average Bonchev–Trinajstić information content (AvgIpc) is 3.20. The number of carboxylic acids is 1. The summed E-state index contributed by atoms with van der Waals surface area (Å²) in [5.74, 6) is -2.87. The standard InChI is InChI=1S/C24H25ClF3N5O2/c1-13-7-21(32-31-13)30-20-4-3-17(26)19(29-20)11-24(23(34)35)5-6-33(14(2)10-24)12-15-8-16(25)22(28)18(27)9-15/h3-4,7-9,14H,5-6,10-12H2,1-2H3,(H,34,35)(H2,29,30,31,32)/t14-,24-/m1/s1. The number of aryl methyl sites for hydroxylation is 1. The van der Waals surface area contributed by atoms with Gasteiger partial charge in [0.2, 0.25) is 0 Å². The Morgan fingerprint density at radius 1 is 1.26 bits per heavy atom. The first kappa shape index (κ1) is 25.0. The number of carboxylic acid groups (broad SMARTS) is 1. The van der Waals surface area contributed by atoms with Crippen LogP contribution in [0.15, 0.2) is 30.3 Å². The van der Waals surface area contributed by atoms with Gasteiger partial charge < -0.3 is 10.4 Å². The summed E-state index contributed by atoms with van der Waals surface area (Å²) in [7, 11) is 0. The first-order valence-electron chi connectivity index (χ1n) is 11.1. The van der Waals surface area contributed by atoms with Gasteiger partial charge in [-0.25, -0.2) is 18.2 Å². The number of rotatable bonds is 7. The summed E-state index contributed by atoms with van der Waals surface area (Å²) in [6, 6.07) is 6.72. The van der Waals surface area contributed by atoms with Gasteiger partial charge in [-0.1, -0.05) is 11.6 Å². The van der Waals surface area contributed by atoms with Gasteiger partial charge in [-0.15, -0.1) is 0 Å². The third-order valence-electron chi connectivity index (χ3n) is 6.46. The fraction of sp³-hybridized carbons (Fsp3) is 0.375. The number of aliphatic carboxylic acids is 1. The zero-order chi connectivity index (χ0) is 25.3. The normalized spacial score (nSPS) is 20.7. The van der Waals surface area contributed by atoms with Crippen molar-refractivity contribution >= 4 is 29.2 Å². The van der Waals surface area contributed by atoms with Crippen LogP contribution in [0, 0.1) is 29.8 Å². The molecule has 1 aliphatic rings. The summed E-state index contributed by atoms with van der Waals surface area (Å²) < 4.78 is 42.0. The fourth-order valence-corrected chi connectivity index (χ4v) is 4.82. The van der Waals surface area contributed by atoms with Gasteiger partial charge in [0.25, 0.3) is 0 Å². The van der Waals surface area contributed by atoms with E-state index in [0.717, 1.165) is 11.8 Å². The Labute approximate surface area is 205 Å². The topological polar surface area (TPSA) is 94.1 Å². The number of piperidine rings is 1. The van der Waals surface area contributed by atoms with Crippen molar-refractivity contribution in [1.29, 1.82) is 0 Å². The number of H-pyrrole nitrogens is 1. The van der Waals surface area contributed by atoms with E-state index < -0.39 is 28.8 Å². The van der Waals surface area contributed by atoms with Crippen LogP contribution in [-0.2, 0) is 17.8 Å². The van der Waals surface area contributed by atoms with E-state index in [1.807, 2.05) is 18.7 Å². The summed E-state index contributed by atoms with van der Waals surface area (Å²) in [6.07, 6.45) is 0.386. The van der Waals surface area contributed by atoms with E-state index in [1.54, 1.807) is 6.07 Å². The molecule has 0 saturated carbocycles. The number of hydrogen-bond acceptors (Lipinski definition) is 5. The first-order valence-corrected chi connectivity index (χ1v) is 11.5. The van der Waals surface area contributed by atoms with E-state index in [9.17, 15) is 23.1 Å². The molecular weight excluding hydrogens is 483 g/mol. The maximum absolute atomic E-state index is 14.7. The third kappa shape index (κ3) is 5.43. The lowest BCUT2D eigenvalue weighted by Crippen LogP contribution is -2.49. The Bertz CT molecular complexity index is 1230. The van der Waals surface area contributed by atoms with Gasteiger partial charge in [-0.2, -0.15) is 5.10 Å². The number of hydrogen-bond donors (Lipinski definition) is 3. The molecule has 0 aliphatic carbocycles. The molecule has 7 nitrogen and oxygen atoms in total. The van der Waals surface area contributed by atoms with Gasteiger partial charge in [0.15, 0.2) is 17.5 Å². The van der Waals surface area contributed by atoms with Gasteiger partial charge in [-0.05, 0) is 63.1 Å². The van der Waals surface area contributed by atoms with Gasteiger partial charge in [-0.3, -0.25) is 14.8 Å². The zero-order valence-electron chi connectivity index (χ0n) is 19.2. The second kappa shape index (κ2) is 9.87. The number of nitrogens with zero attached hydrogens (tertiary/aromatic N) is 3. The maximum atomic E-state index is 14.7. The van der Waals surface area contributed by atoms with Crippen molar-refractivity contribution in [3.8, 4) is 0 Å². The summed E-state index contributed by atoms with van der Waals surface area (Å²) >= 11 is 5.77. The Kier molecular flexibility index (Phi) is 7.05. The smallest absolute Gasteiger partial charge is 0.310 e. The zero-order valence-corrected chi connectivity index (χ0v) is 20.0. The monoisotopic (exact) mass is 507 g/mol. The van der Waals surface area contributed by atoms with Gasteiger partial charge in [0.1, 0.15) is 11.6 Å². The Hall–Kier alpha value is -3.11. The van der Waals surface area contributed by atoms with Crippen molar-refractivity contribution in [2.24, 2.45) is 5.41 Å². The molecule has 1 aromatic carbocycles. The SMILES string of the molecule is Cc1cc(Nc2ccc(F)c(C[C@@]3(C(=O)O)CCN(Cc4cc(F)c(F)c(Cl)c4)[C@H](C)C3)n2)n[nH]1. The Morgan fingerprint density at radius 2 is 2.03 bits per heavy atom. The van der Waals surface area contributed by atoms with Crippen LogP contribution in [0.1, 0.15) is 36.7 Å². The molecular formula is C24H25ClF3N5O2. The second-order valence-electron chi connectivity index (χ2n) is 9.10. The third-order valence-corrected chi connectivity index (χ3v) is 6.73. The second-order valence-corrected chi connectivity index (χ2v) is 9.50. The lowest BCUT2D eigenvalue weighted by atomic mass is 9.72. The molecule has 3 heterocycles. The number of carbonyl (C=O) groups is 1. The minimum Gasteiger partial charge on any atom is -0.481 e. The van der Waals surface area contributed by atoms with Crippen molar-refractivity contribution < 1.29 is 23.1 Å². The number of nitrogens with one attached hydrogen (secondary N) is 2. The number of aromatic nitrogens is 3. The molecule has 186 valence electrons. The molecule has 1 fully saturated rings. The highest BCUT2D eigenvalue weighted by atomic mass is 35.5. The van der Waals surface area contributed by atoms with E-state index in [-0.39, 0.29) is 42.6 Å². The number of anilines is 2. The first-order chi connectivity index (χ1) is 16.6. The lowest BCUT2D eigenvalue weighted by molar-refractivity contribution is -0.153. The highest BCUT2D eigenvalue weighted by Gasteiger charge is 2.45. The number of halogens is 4. The molecule has 1 aliphatic heterocycles. The van der Waals surface area contributed by atoms with Crippen LogP contribution < -0.4 is 5.32 Å². The lowest BCUT2D eigenvalue weighted by Gasteiger charge is -2.43. The molecule has 0 bridgehead atoms. The molecule has 35 heavy (non-hydrogen) atoms. The number of aromatic amines is 1. The molecule has 2 aromatic heterocycles. The molecule has 3 N–H and O–H groups in total. The van der Waals surface area contributed by atoms with Crippen LogP contribution in [0.5, 0.6) is 0 Å². The van der Waals surface area contributed by atoms with Crippen molar-refractivity contribution in [2.75, 3.05) is 11.9 Å². The van der Waals surface area contributed by atoms with Crippen LogP contribution in [-0.4, -0.2) is 43.7 Å². The largest absolute Gasteiger partial charge is 0.481 e. The van der Waals surface area contributed by atoms with Crippen LogP contribution in [0.4, 0.5) is 24.8 Å². The minimum absolute atomic E-state index is 0.0534. The van der Waals surface area contributed by atoms with E-state index in [1.165, 1.54) is 18.2 Å². The van der Waals surface area contributed by atoms with Crippen molar-refractivity contribution in [1.82, 2.24) is 20.1 Å². The molecule has 11 heteroatoms. The van der Waals surface area contributed by atoms with Crippen LogP contribution >= 0.6 is 11.6 Å². The molecule has 0 radical (unpaired) electrons. The van der Waals surface area contributed by atoms with Gasteiger partial charge >= 0.3 is 5.97 Å². The van der Waals surface area contributed by atoms with Crippen LogP contribution in [0.3, 0.4) is 0 Å². The highest BCUT2D eigenvalue weighted by molar-refractivity contribution is 6.30. The quantitative estimate of drug-likeness (QED) is 0.379. The summed E-state index contributed by atoms with van der Waals surface area (Å²) in [4.78, 5) is 18.7. The molecule has 4 rings (SSSR count). The predicted molar refractivity (Wildman–Crippen MR) is 125 cm³/mol. The van der Waals surface area contributed by atoms with E-state index in [4.69, 9.17) is 11.6 Å². The molecule has 0 amide bonds. The minimum atomic E-state index is -1.23. The van der Waals surface area contributed by atoms with Crippen LogP contribution in [0.2, 0.25) is 5.02 Å². The molecule has 0 unspecified atom stereocenters. The van der Waals surface area contributed by atoms with Crippen molar-refractivity contribution in [2.45, 2.75) is 45.7 Å². The van der Waals surface area contributed by atoms with E-state index in [2.05, 4.69) is 20.5 Å². The number of pyridine rings is 1. The molecule has 2 atom stereocenters. The van der Waals surface area contributed by atoms with Crippen molar-refractivity contribution in [3.05, 3.63) is 69.8 Å². The molecule has 3 aromatic rings. The fourth-order valence-electron chi connectivity index (χ4n) is 4.59. The Morgan fingerprint density at radius 3 is 2.66 bits per heavy atom. The summed E-state index contributed by atoms with van der Waals surface area (Å²) in [6.45, 7) is 4.35. The number of likely N-dealkylation sites (tertiary alicyclic amines) is 1. The van der Waals surface area contributed by atoms with Crippen LogP contribution in [0.25, 0.3) is 0 Å². The molecule has 0 spiro atoms. The highest BCUT2D eigenvalue weighted by Crippen LogP contribution is 2.39. The maximum Gasteiger partial charge on any atom is 0.310 e. The van der Waals surface area contributed by atoms with Crippen molar-refractivity contribution in [3.63, 3.8) is 0 Å². The van der Waals surface area contributed by atoms with E-state index in [0.29, 0.717) is 23.7 Å². The summed E-state index contributed by atoms with van der Waals surface area (Å²) in [5.41, 5.74) is 0.157. The van der Waals surface area contributed by atoms with Gasteiger partial charge in [0.05, 0.1) is 16.1 Å². The number of benzene rings is 1. The summed E-state index contributed by atoms with van der Waals surface area (Å²) in [5, 5.41) is 19.7. The van der Waals surface area contributed by atoms with E-state index >= 15 is 0 Å². The van der Waals surface area contributed by atoms with Gasteiger partial charge in [0, 0.05) is 30.8 Å². The molecule has 1 saturated heterocycles. The predicted octanol–water partition coefficient (Wildman–Crippen LogP) is 5.23.